The summed E-state index contributed by atoms with van der Waals surface area (Å²) in [6.45, 7) is 0. The highest BCUT2D eigenvalue weighted by Crippen LogP contribution is 2.67. The molecular formula is C22H3BrF34. The van der Waals surface area contributed by atoms with Gasteiger partial charge in [-0.15, -0.1) is 0 Å². The number of hydrogen-bond donors (Lipinski definition) is 0. The first-order chi connectivity index (χ1) is 24.1. The quantitative estimate of drug-likeness (QED) is 0.163. The second kappa shape index (κ2) is 13.2. The van der Waals surface area contributed by atoms with E-state index in [1.807, 2.05) is 0 Å². The van der Waals surface area contributed by atoms with Crippen molar-refractivity contribution in [3.05, 3.63) is 33.8 Å². The van der Waals surface area contributed by atoms with Gasteiger partial charge in [0, 0.05) is 15.6 Å². The monoisotopic (exact) mass is 992 g/mol. The number of rotatable bonds is 14. The molecule has 0 aromatic heterocycles. The van der Waals surface area contributed by atoms with E-state index < -0.39 is 129 Å². The number of halogens is 35. The number of benzene rings is 1. The second-order valence-corrected chi connectivity index (χ2v) is 11.7. The molecule has 0 saturated heterocycles. The highest BCUT2D eigenvalue weighted by Gasteiger charge is 2.97. The normalized spacial score (nSPS) is 16.7. The SMILES string of the molecule is FC(F)(F)C(F)(F)C(F)(F)C(F)(F)C(F)(F)C(F)(F)C(F)(F)C(F)(F)c1cc(Br)cc(C(F)(F)C(F)(F)C(F)(F)C(F)(F)C(F)(F)C(F)(F)C(F)(F)C(F)(F)F)c1. The maximum Gasteiger partial charge on any atom is 0.460 e. The van der Waals surface area contributed by atoms with Gasteiger partial charge >= 0.3 is 95.3 Å². The van der Waals surface area contributed by atoms with Gasteiger partial charge in [-0.3, -0.25) is 0 Å². The minimum atomic E-state index is -9.36. The maximum atomic E-state index is 14.6. The van der Waals surface area contributed by atoms with Crippen molar-refractivity contribution < 1.29 is 149 Å². The van der Waals surface area contributed by atoms with Gasteiger partial charge in [0.25, 0.3) is 0 Å². The van der Waals surface area contributed by atoms with Crippen LogP contribution in [0.15, 0.2) is 22.7 Å². The Labute approximate surface area is 295 Å². The molecule has 336 valence electrons. The largest absolute Gasteiger partial charge is 0.460 e. The van der Waals surface area contributed by atoms with Gasteiger partial charge in [-0.05, 0) is 18.2 Å². The standard InChI is InChI=1S/C22H3BrF34/c23-6-2-4(7(24,25)9(28,29)11(32,33)13(36,37)15(40,41)17(44,45)19(48,49)21(52,53)54)1-5(3-6)8(26,27)10(30,31)12(34,35)14(38,39)16(42,43)18(46,47)20(50,51)22(55,56)57/h1-3H. The van der Waals surface area contributed by atoms with Crippen molar-refractivity contribution in [2.75, 3.05) is 0 Å². The molecule has 0 spiro atoms. The molecule has 0 N–H and O–H groups in total. The summed E-state index contributed by atoms with van der Waals surface area (Å²) in [5.41, 5.74) is -7.95. The van der Waals surface area contributed by atoms with Crippen LogP contribution in [-0.2, 0) is 11.8 Å². The van der Waals surface area contributed by atoms with E-state index >= 15 is 0 Å². The molecule has 0 atom stereocenters. The average Bonchev–Trinajstić information content (AvgIpc) is 2.98. The van der Waals surface area contributed by atoms with Crippen LogP contribution in [0.1, 0.15) is 11.1 Å². The van der Waals surface area contributed by atoms with Gasteiger partial charge < -0.3 is 0 Å². The van der Waals surface area contributed by atoms with Crippen LogP contribution in [0, 0.1) is 0 Å². The van der Waals surface area contributed by atoms with Gasteiger partial charge in [-0.2, -0.15) is 149 Å². The summed E-state index contributed by atoms with van der Waals surface area (Å²) in [6, 6.07) is -4.82. The van der Waals surface area contributed by atoms with E-state index in [0.29, 0.717) is 0 Å². The van der Waals surface area contributed by atoms with Crippen LogP contribution < -0.4 is 0 Å². The molecule has 57 heavy (non-hydrogen) atoms. The van der Waals surface area contributed by atoms with Gasteiger partial charge in [0.1, 0.15) is 0 Å². The zero-order chi connectivity index (χ0) is 46.9. The number of alkyl halides is 34. The molecule has 0 aliphatic heterocycles. The molecular weight excluding hydrogens is 990 g/mol. The van der Waals surface area contributed by atoms with E-state index in [0.717, 1.165) is 0 Å². The van der Waals surface area contributed by atoms with Crippen molar-refractivity contribution in [1.29, 1.82) is 0 Å². The minimum absolute atomic E-state index is 1.30. The predicted octanol–water partition coefficient (Wildman–Crippen LogP) is 13.4. The third kappa shape index (κ3) is 6.47. The molecule has 0 radical (unpaired) electrons. The van der Waals surface area contributed by atoms with Gasteiger partial charge in [0.05, 0.1) is 0 Å². The van der Waals surface area contributed by atoms with Gasteiger partial charge in [0.2, 0.25) is 0 Å². The summed E-state index contributed by atoms with van der Waals surface area (Å²) in [5.74, 6) is -125. The van der Waals surface area contributed by atoms with Gasteiger partial charge in [-0.1, -0.05) is 15.9 Å². The Morgan fingerprint density at radius 1 is 0.228 bits per heavy atom. The molecule has 0 bridgehead atoms. The average molecular weight is 993 g/mol. The lowest BCUT2D eigenvalue weighted by Crippen LogP contribution is -2.74. The topological polar surface area (TPSA) is 0 Å². The van der Waals surface area contributed by atoms with E-state index in [2.05, 4.69) is 0 Å². The molecule has 0 saturated carbocycles. The lowest BCUT2D eigenvalue weighted by Gasteiger charge is -2.43. The first kappa shape index (κ1) is 52.3. The summed E-state index contributed by atoms with van der Waals surface area (Å²) >= 11 is 1.46. The summed E-state index contributed by atoms with van der Waals surface area (Å²) in [6.07, 6.45) is -16.4. The van der Waals surface area contributed by atoms with Crippen LogP contribution in [0.4, 0.5) is 149 Å². The summed E-state index contributed by atoms with van der Waals surface area (Å²) in [5, 5.41) is 0. The Balaban J connectivity index is 4.10. The smallest absolute Gasteiger partial charge is 0.194 e. The summed E-state index contributed by atoms with van der Waals surface area (Å²) in [7, 11) is 0. The molecule has 0 unspecified atom stereocenters. The number of hydrogen-bond acceptors (Lipinski definition) is 0. The van der Waals surface area contributed by atoms with E-state index in [1.165, 1.54) is 15.9 Å². The Morgan fingerprint density at radius 2 is 0.386 bits per heavy atom. The maximum absolute atomic E-state index is 14.6. The van der Waals surface area contributed by atoms with Crippen LogP contribution in [0.2, 0.25) is 0 Å². The van der Waals surface area contributed by atoms with Crippen LogP contribution >= 0.6 is 15.9 Å². The van der Waals surface area contributed by atoms with Crippen molar-refractivity contribution in [3.8, 4) is 0 Å². The molecule has 0 aliphatic carbocycles. The van der Waals surface area contributed by atoms with E-state index in [9.17, 15) is 149 Å². The van der Waals surface area contributed by atoms with E-state index in [-0.39, 0.29) is 0 Å². The van der Waals surface area contributed by atoms with Gasteiger partial charge in [-0.25, -0.2) is 0 Å². The molecule has 0 heterocycles. The van der Waals surface area contributed by atoms with Crippen LogP contribution in [0.25, 0.3) is 0 Å². The van der Waals surface area contributed by atoms with E-state index in [1.54, 1.807) is 0 Å². The highest BCUT2D eigenvalue weighted by atomic mass is 79.9. The Bertz CT molecular complexity index is 1520. The van der Waals surface area contributed by atoms with Crippen molar-refractivity contribution in [3.63, 3.8) is 0 Å². The van der Waals surface area contributed by atoms with Crippen LogP contribution in [0.3, 0.4) is 0 Å². The molecule has 1 rings (SSSR count). The first-order valence-electron chi connectivity index (χ1n) is 12.3. The predicted molar refractivity (Wildman–Crippen MR) is 113 cm³/mol. The Hall–Kier alpha value is -2.68. The zero-order valence-corrected chi connectivity index (χ0v) is 26.0. The fraction of sp³-hybridized carbons (Fsp3) is 0.727. The summed E-state index contributed by atoms with van der Waals surface area (Å²) in [4.78, 5) is 0. The van der Waals surface area contributed by atoms with Crippen LogP contribution in [-0.4, -0.2) is 83.4 Å². The third-order valence-electron chi connectivity index (χ3n) is 7.07. The van der Waals surface area contributed by atoms with Gasteiger partial charge in [0.15, 0.2) is 0 Å². The minimum Gasteiger partial charge on any atom is -0.194 e. The Morgan fingerprint density at radius 3 is 0.561 bits per heavy atom. The van der Waals surface area contributed by atoms with Crippen molar-refractivity contribution in [1.82, 2.24) is 0 Å². The van der Waals surface area contributed by atoms with Crippen LogP contribution in [0.5, 0.6) is 0 Å². The highest BCUT2D eigenvalue weighted by molar-refractivity contribution is 9.10. The van der Waals surface area contributed by atoms with Crippen molar-refractivity contribution in [2.24, 2.45) is 0 Å². The molecule has 0 fully saturated rings. The molecule has 0 nitrogen and oxygen atoms in total. The first-order valence-corrected chi connectivity index (χ1v) is 13.1. The fourth-order valence-corrected chi connectivity index (χ4v) is 4.14. The second-order valence-electron chi connectivity index (χ2n) is 10.8. The molecule has 1 aromatic rings. The van der Waals surface area contributed by atoms with E-state index in [4.69, 9.17) is 0 Å². The fourth-order valence-electron chi connectivity index (χ4n) is 3.64. The molecule has 0 amide bonds. The lowest BCUT2D eigenvalue weighted by molar-refractivity contribution is -0.463. The van der Waals surface area contributed by atoms with Crippen molar-refractivity contribution >= 4 is 15.9 Å². The lowest BCUT2D eigenvalue weighted by atomic mass is 9.85. The summed E-state index contributed by atoms with van der Waals surface area (Å²) < 4.78 is 459. The Kier molecular flexibility index (Phi) is 12.1. The molecule has 1 aromatic carbocycles. The third-order valence-corrected chi connectivity index (χ3v) is 7.52. The van der Waals surface area contributed by atoms with Crippen molar-refractivity contribution in [2.45, 2.75) is 95.3 Å². The zero-order valence-electron chi connectivity index (χ0n) is 24.5. The molecule has 0 aliphatic rings. The molecule has 35 heteroatoms.